The van der Waals surface area contributed by atoms with Gasteiger partial charge in [0.05, 0.1) is 13.1 Å². The van der Waals surface area contributed by atoms with E-state index in [0.29, 0.717) is 25.6 Å². The molecule has 0 aromatic heterocycles. The van der Waals surface area contributed by atoms with Crippen molar-refractivity contribution in [3.05, 3.63) is 35.9 Å². The van der Waals surface area contributed by atoms with Crippen LogP contribution in [-0.2, 0) is 16.1 Å². The number of carbonyl (C=O) groups is 1. The summed E-state index contributed by atoms with van der Waals surface area (Å²) >= 11 is 0. The van der Waals surface area contributed by atoms with Crippen molar-refractivity contribution in [1.29, 1.82) is 0 Å². The molecule has 0 spiro atoms. The molecule has 0 N–H and O–H groups in total. The first kappa shape index (κ1) is 16.3. The standard InChI is InChI=1S/C18H26N2O3/c1-19-10-6-9-16(11-19)18(22-2)13-20(14-18)17(21)23-12-15-7-4-3-5-8-15/h3-5,7-8,16H,6,9-14H2,1-2H3. The highest BCUT2D eigenvalue weighted by Gasteiger charge is 2.52. The summed E-state index contributed by atoms with van der Waals surface area (Å²) in [5.74, 6) is 0.490. The van der Waals surface area contributed by atoms with E-state index in [9.17, 15) is 4.79 Å². The van der Waals surface area contributed by atoms with Gasteiger partial charge in [0.25, 0.3) is 0 Å². The molecular weight excluding hydrogens is 292 g/mol. The zero-order valence-electron chi connectivity index (χ0n) is 14.0. The Labute approximate surface area is 138 Å². The number of hydrogen-bond donors (Lipinski definition) is 0. The molecule has 1 unspecified atom stereocenters. The van der Waals surface area contributed by atoms with Crippen molar-refractivity contribution in [2.24, 2.45) is 5.92 Å². The lowest BCUT2D eigenvalue weighted by Gasteiger charge is -2.54. The van der Waals surface area contributed by atoms with Gasteiger partial charge in [-0.25, -0.2) is 4.79 Å². The van der Waals surface area contributed by atoms with E-state index in [0.717, 1.165) is 18.7 Å². The summed E-state index contributed by atoms with van der Waals surface area (Å²) in [5, 5.41) is 0. The molecule has 0 bridgehead atoms. The molecule has 0 radical (unpaired) electrons. The van der Waals surface area contributed by atoms with E-state index in [1.807, 2.05) is 30.3 Å². The molecule has 5 heteroatoms. The average Bonchev–Trinajstić information content (AvgIpc) is 2.53. The van der Waals surface area contributed by atoms with Gasteiger partial charge in [-0.3, -0.25) is 0 Å². The predicted molar refractivity (Wildman–Crippen MR) is 88.2 cm³/mol. The monoisotopic (exact) mass is 318 g/mol. The van der Waals surface area contributed by atoms with E-state index < -0.39 is 0 Å². The van der Waals surface area contributed by atoms with Crippen molar-refractivity contribution in [3.8, 4) is 0 Å². The number of methoxy groups -OCH3 is 1. The Bertz CT molecular complexity index is 528. The number of hydrogen-bond acceptors (Lipinski definition) is 4. The van der Waals surface area contributed by atoms with Crippen LogP contribution in [0.2, 0.25) is 0 Å². The highest BCUT2D eigenvalue weighted by Crippen LogP contribution is 2.37. The van der Waals surface area contributed by atoms with Gasteiger partial charge in [-0.2, -0.15) is 0 Å². The predicted octanol–water partition coefficient (Wildman–Crippen LogP) is 2.37. The molecule has 1 atom stereocenters. The van der Waals surface area contributed by atoms with Gasteiger partial charge in [-0.05, 0) is 32.0 Å². The van der Waals surface area contributed by atoms with Crippen LogP contribution in [0.5, 0.6) is 0 Å². The number of piperidine rings is 1. The van der Waals surface area contributed by atoms with Crippen molar-refractivity contribution in [3.63, 3.8) is 0 Å². The number of benzene rings is 1. The summed E-state index contributed by atoms with van der Waals surface area (Å²) in [5.41, 5.74) is 0.814. The molecule has 3 rings (SSSR count). The number of rotatable bonds is 4. The SMILES string of the molecule is COC1(C2CCCN(C)C2)CN(C(=O)OCc2ccccc2)C1. The second-order valence-corrected chi connectivity index (χ2v) is 6.77. The van der Waals surface area contributed by atoms with Crippen LogP contribution in [0.15, 0.2) is 30.3 Å². The lowest BCUT2D eigenvalue weighted by Crippen LogP contribution is -2.69. The largest absolute Gasteiger partial charge is 0.445 e. The van der Waals surface area contributed by atoms with Crippen LogP contribution < -0.4 is 0 Å². The van der Waals surface area contributed by atoms with Gasteiger partial charge in [0, 0.05) is 19.6 Å². The Morgan fingerprint density at radius 3 is 2.70 bits per heavy atom. The second-order valence-electron chi connectivity index (χ2n) is 6.77. The van der Waals surface area contributed by atoms with E-state index in [-0.39, 0.29) is 11.7 Å². The van der Waals surface area contributed by atoms with Gasteiger partial charge in [0.2, 0.25) is 0 Å². The molecule has 2 aliphatic rings. The maximum Gasteiger partial charge on any atom is 0.410 e. The third-order valence-electron chi connectivity index (χ3n) is 5.16. The Balaban J connectivity index is 1.51. The normalized spacial score (nSPS) is 24.1. The fourth-order valence-corrected chi connectivity index (χ4v) is 3.69. The van der Waals surface area contributed by atoms with Crippen molar-refractivity contribution in [2.45, 2.75) is 25.0 Å². The summed E-state index contributed by atoms with van der Waals surface area (Å²) in [6.07, 6.45) is 2.13. The zero-order valence-corrected chi connectivity index (χ0v) is 14.0. The van der Waals surface area contributed by atoms with Crippen LogP contribution in [0.4, 0.5) is 4.79 Å². The topological polar surface area (TPSA) is 42.0 Å². The van der Waals surface area contributed by atoms with Crippen molar-refractivity contribution < 1.29 is 14.3 Å². The van der Waals surface area contributed by atoms with E-state index in [4.69, 9.17) is 9.47 Å². The lowest BCUT2D eigenvalue weighted by molar-refractivity contribution is -0.159. The summed E-state index contributed by atoms with van der Waals surface area (Å²) in [7, 11) is 3.92. The van der Waals surface area contributed by atoms with E-state index >= 15 is 0 Å². The molecule has 1 aromatic rings. The fraction of sp³-hybridized carbons (Fsp3) is 0.611. The maximum absolute atomic E-state index is 12.2. The summed E-state index contributed by atoms with van der Waals surface area (Å²) in [6.45, 7) is 3.79. The van der Waals surface area contributed by atoms with Crippen LogP contribution in [0, 0.1) is 5.92 Å². The smallest absolute Gasteiger partial charge is 0.410 e. The number of amides is 1. The maximum atomic E-state index is 12.2. The number of nitrogens with zero attached hydrogens (tertiary/aromatic N) is 2. The minimum atomic E-state index is -0.245. The molecule has 5 nitrogen and oxygen atoms in total. The Kier molecular flexibility index (Phi) is 4.87. The first-order valence-corrected chi connectivity index (χ1v) is 8.32. The van der Waals surface area contributed by atoms with Crippen molar-refractivity contribution >= 4 is 6.09 Å². The quantitative estimate of drug-likeness (QED) is 0.855. The number of carbonyl (C=O) groups excluding carboxylic acids is 1. The van der Waals surface area contributed by atoms with E-state index in [1.54, 1.807) is 12.0 Å². The molecule has 2 aliphatic heterocycles. The molecule has 1 amide bonds. The molecular formula is C18H26N2O3. The van der Waals surface area contributed by atoms with Gasteiger partial charge in [-0.15, -0.1) is 0 Å². The van der Waals surface area contributed by atoms with Crippen LogP contribution in [0.1, 0.15) is 18.4 Å². The Hall–Kier alpha value is -1.59. The molecule has 0 saturated carbocycles. The van der Waals surface area contributed by atoms with Crippen molar-refractivity contribution in [1.82, 2.24) is 9.80 Å². The minimum absolute atomic E-state index is 0.194. The average molecular weight is 318 g/mol. The second kappa shape index (κ2) is 6.89. The molecule has 126 valence electrons. The van der Waals surface area contributed by atoms with Gasteiger partial charge < -0.3 is 19.3 Å². The molecule has 2 saturated heterocycles. The Morgan fingerprint density at radius 1 is 1.30 bits per heavy atom. The van der Waals surface area contributed by atoms with E-state index in [1.165, 1.54) is 12.8 Å². The number of likely N-dealkylation sites (tertiary alicyclic amines) is 2. The number of ether oxygens (including phenoxy) is 2. The van der Waals surface area contributed by atoms with Gasteiger partial charge in [-0.1, -0.05) is 30.3 Å². The van der Waals surface area contributed by atoms with Crippen molar-refractivity contribution in [2.75, 3.05) is 40.3 Å². The molecule has 2 heterocycles. The highest BCUT2D eigenvalue weighted by molar-refractivity contribution is 5.69. The third kappa shape index (κ3) is 3.51. The zero-order chi connectivity index (χ0) is 16.3. The first-order valence-electron chi connectivity index (χ1n) is 8.32. The van der Waals surface area contributed by atoms with Crippen LogP contribution in [0.3, 0.4) is 0 Å². The summed E-state index contributed by atoms with van der Waals surface area (Å²) in [4.78, 5) is 16.3. The third-order valence-corrected chi connectivity index (χ3v) is 5.16. The van der Waals surface area contributed by atoms with Crippen LogP contribution in [-0.4, -0.2) is 61.8 Å². The van der Waals surface area contributed by atoms with Crippen LogP contribution >= 0.6 is 0 Å². The lowest BCUT2D eigenvalue weighted by atomic mass is 9.76. The molecule has 0 aliphatic carbocycles. The molecule has 23 heavy (non-hydrogen) atoms. The summed E-state index contributed by atoms with van der Waals surface area (Å²) < 4.78 is 11.2. The summed E-state index contributed by atoms with van der Waals surface area (Å²) in [6, 6.07) is 9.76. The molecule has 2 fully saturated rings. The molecule has 1 aromatic carbocycles. The minimum Gasteiger partial charge on any atom is -0.445 e. The highest BCUT2D eigenvalue weighted by atomic mass is 16.6. The van der Waals surface area contributed by atoms with E-state index in [2.05, 4.69) is 11.9 Å². The fourth-order valence-electron chi connectivity index (χ4n) is 3.69. The first-order chi connectivity index (χ1) is 11.1. The Morgan fingerprint density at radius 2 is 2.04 bits per heavy atom. The van der Waals surface area contributed by atoms with Crippen LogP contribution in [0.25, 0.3) is 0 Å². The van der Waals surface area contributed by atoms with Gasteiger partial charge in [0.1, 0.15) is 12.2 Å². The van der Waals surface area contributed by atoms with Gasteiger partial charge >= 0.3 is 6.09 Å². The van der Waals surface area contributed by atoms with Gasteiger partial charge in [0.15, 0.2) is 0 Å².